The molecule has 2 aromatic rings. The zero-order valence-electron chi connectivity index (χ0n) is 11.8. The van der Waals surface area contributed by atoms with E-state index in [1.165, 1.54) is 32.1 Å². The van der Waals surface area contributed by atoms with Crippen molar-refractivity contribution in [2.45, 2.75) is 38.1 Å². The van der Waals surface area contributed by atoms with Gasteiger partial charge in [0.15, 0.2) is 11.5 Å². The zero-order chi connectivity index (χ0) is 13.5. The average molecular weight is 272 g/mol. The van der Waals surface area contributed by atoms with E-state index in [1.807, 2.05) is 7.05 Å². The number of nitrogens with one attached hydrogen (secondary N) is 2. The third kappa shape index (κ3) is 1.74. The predicted octanol–water partition coefficient (Wildman–Crippen LogP) is 2.16. The molecule has 0 radical (unpaired) electrons. The lowest BCUT2D eigenvalue weighted by Gasteiger charge is -2.38. The summed E-state index contributed by atoms with van der Waals surface area (Å²) in [5, 5.41) is 3.05. The summed E-state index contributed by atoms with van der Waals surface area (Å²) in [6.07, 6.45) is 8.35. The highest BCUT2D eigenvalue weighted by Crippen LogP contribution is 2.39. The van der Waals surface area contributed by atoms with Crippen molar-refractivity contribution in [3.05, 3.63) is 6.33 Å². The summed E-state index contributed by atoms with van der Waals surface area (Å²) in [6.45, 7) is 1.09. The number of H-pyrrole nitrogens is 1. The lowest BCUT2D eigenvalue weighted by Crippen LogP contribution is -2.43. The number of hydrogen-bond acceptors (Lipinski definition) is 5. The number of hydrogen-bond donors (Lipinski definition) is 2. The highest BCUT2D eigenvalue weighted by Gasteiger charge is 2.36. The van der Waals surface area contributed by atoms with Crippen molar-refractivity contribution in [1.29, 1.82) is 0 Å². The van der Waals surface area contributed by atoms with E-state index in [4.69, 9.17) is 4.98 Å². The maximum absolute atomic E-state index is 4.71. The zero-order valence-corrected chi connectivity index (χ0v) is 11.8. The van der Waals surface area contributed by atoms with Crippen LogP contribution in [0, 0.1) is 5.92 Å². The molecule has 3 heterocycles. The first-order valence-electron chi connectivity index (χ1n) is 7.52. The quantitative estimate of drug-likeness (QED) is 0.876. The lowest BCUT2D eigenvalue weighted by atomic mass is 9.92. The van der Waals surface area contributed by atoms with Crippen molar-refractivity contribution < 1.29 is 0 Å². The molecule has 0 aromatic carbocycles. The number of fused-ring (bicyclic) bond motifs is 2. The van der Waals surface area contributed by atoms with E-state index in [1.54, 1.807) is 6.33 Å². The Kier molecular flexibility index (Phi) is 2.75. The van der Waals surface area contributed by atoms with Gasteiger partial charge in [-0.3, -0.25) is 0 Å². The Hall–Kier alpha value is -1.85. The van der Waals surface area contributed by atoms with Crippen molar-refractivity contribution in [2.24, 2.45) is 5.92 Å². The van der Waals surface area contributed by atoms with Crippen molar-refractivity contribution in [2.75, 3.05) is 23.8 Å². The molecular formula is C14H20N6. The van der Waals surface area contributed by atoms with E-state index < -0.39 is 0 Å². The summed E-state index contributed by atoms with van der Waals surface area (Å²) in [5.41, 5.74) is 1.72. The van der Waals surface area contributed by atoms with E-state index in [0.717, 1.165) is 29.4 Å². The van der Waals surface area contributed by atoms with Crippen LogP contribution in [0.25, 0.3) is 11.2 Å². The first-order chi connectivity index (χ1) is 9.86. The standard InChI is InChI=1S/C14H20N6/c1-15-14-18-12-11(16-8-17-12)13(19-14)20-7-3-5-9-4-2-6-10(9)20/h8-10H,2-7H2,1H3,(H2,15,16,17,18,19). The lowest BCUT2D eigenvalue weighted by molar-refractivity contribution is 0.361. The van der Waals surface area contributed by atoms with E-state index in [2.05, 4.69) is 25.2 Å². The third-order valence-corrected chi connectivity index (χ3v) is 4.76. The van der Waals surface area contributed by atoms with Crippen LogP contribution in [0.3, 0.4) is 0 Å². The molecule has 1 aliphatic heterocycles. The predicted molar refractivity (Wildman–Crippen MR) is 78.9 cm³/mol. The minimum Gasteiger partial charge on any atom is -0.357 e. The summed E-state index contributed by atoms with van der Waals surface area (Å²) in [7, 11) is 1.85. The maximum Gasteiger partial charge on any atom is 0.226 e. The van der Waals surface area contributed by atoms with Gasteiger partial charge in [0.25, 0.3) is 0 Å². The van der Waals surface area contributed by atoms with Gasteiger partial charge in [0.05, 0.1) is 6.33 Å². The Bertz CT molecular complexity index is 621. The van der Waals surface area contributed by atoms with Crippen molar-refractivity contribution in [3.8, 4) is 0 Å². The second-order valence-corrected chi connectivity index (χ2v) is 5.82. The van der Waals surface area contributed by atoms with Gasteiger partial charge in [0.2, 0.25) is 5.95 Å². The molecule has 2 fully saturated rings. The van der Waals surface area contributed by atoms with Crippen LogP contribution in [0.5, 0.6) is 0 Å². The van der Waals surface area contributed by atoms with Gasteiger partial charge >= 0.3 is 0 Å². The molecule has 2 unspecified atom stereocenters. The Balaban J connectivity index is 1.81. The monoisotopic (exact) mass is 272 g/mol. The highest BCUT2D eigenvalue weighted by atomic mass is 15.3. The Morgan fingerprint density at radius 3 is 3.05 bits per heavy atom. The number of imidazole rings is 1. The van der Waals surface area contributed by atoms with Crippen LogP contribution in [-0.2, 0) is 0 Å². The molecule has 6 nitrogen and oxygen atoms in total. The van der Waals surface area contributed by atoms with E-state index in [9.17, 15) is 0 Å². The summed E-state index contributed by atoms with van der Waals surface area (Å²) < 4.78 is 0. The molecule has 4 rings (SSSR count). The maximum atomic E-state index is 4.71. The normalized spacial score (nSPS) is 25.9. The Labute approximate surface area is 118 Å². The number of nitrogens with zero attached hydrogens (tertiary/aromatic N) is 4. The average Bonchev–Trinajstić information content (AvgIpc) is 3.14. The molecule has 1 aliphatic carbocycles. The molecule has 2 aromatic heterocycles. The fourth-order valence-electron chi connectivity index (χ4n) is 3.85. The van der Waals surface area contributed by atoms with Crippen LogP contribution in [-0.4, -0.2) is 39.6 Å². The van der Waals surface area contributed by atoms with Gasteiger partial charge in [0.1, 0.15) is 5.52 Å². The van der Waals surface area contributed by atoms with Crippen molar-refractivity contribution >= 4 is 22.9 Å². The van der Waals surface area contributed by atoms with Gasteiger partial charge in [-0.15, -0.1) is 0 Å². The van der Waals surface area contributed by atoms with Crippen LogP contribution < -0.4 is 10.2 Å². The van der Waals surface area contributed by atoms with E-state index >= 15 is 0 Å². The number of aromatic nitrogens is 4. The van der Waals surface area contributed by atoms with Gasteiger partial charge < -0.3 is 15.2 Å². The van der Waals surface area contributed by atoms with Crippen molar-refractivity contribution in [3.63, 3.8) is 0 Å². The molecule has 2 aliphatic rings. The molecule has 1 saturated heterocycles. The summed E-state index contributed by atoms with van der Waals surface area (Å²) in [4.78, 5) is 19.1. The molecule has 6 heteroatoms. The number of aromatic amines is 1. The fraction of sp³-hybridized carbons (Fsp3) is 0.643. The molecule has 0 spiro atoms. The molecule has 2 atom stereocenters. The van der Waals surface area contributed by atoms with Crippen LogP contribution >= 0.6 is 0 Å². The molecule has 0 bridgehead atoms. The molecule has 20 heavy (non-hydrogen) atoms. The number of piperidine rings is 1. The second kappa shape index (κ2) is 4.61. The smallest absolute Gasteiger partial charge is 0.226 e. The minimum absolute atomic E-state index is 0.648. The largest absolute Gasteiger partial charge is 0.357 e. The van der Waals surface area contributed by atoms with Crippen LogP contribution in [0.1, 0.15) is 32.1 Å². The second-order valence-electron chi connectivity index (χ2n) is 5.82. The van der Waals surface area contributed by atoms with Crippen LogP contribution in [0.2, 0.25) is 0 Å². The fourth-order valence-corrected chi connectivity index (χ4v) is 3.85. The van der Waals surface area contributed by atoms with E-state index in [-0.39, 0.29) is 0 Å². The van der Waals surface area contributed by atoms with Gasteiger partial charge in [0, 0.05) is 19.6 Å². The van der Waals surface area contributed by atoms with Gasteiger partial charge in [-0.05, 0) is 31.6 Å². The van der Waals surface area contributed by atoms with Gasteiger partial charge in [-0.1, -0.05) is 6.42 Å². The topological polar surface area (TPSA) is 69.7 Å². The summed E-state index contributed by atoms with van der Waals surface area (Å²) >= 11 is 0. The Morgan fingerprint density at radius 1 is 1.25 bits per heavy atom. The summed E-state index contributed by atoms with van der Waals surface area (Å²) in [6, 6.07) is 0.648. The minimum atomic E-state index is 0.648. The molecule has 2 N–H and O–H groups in total. The van der Waals surface area contributed by atoms with Gasteiger partial charge in [-0.2, -0.15) is 9.97 Å². The first kappa shape index (κ1) is 11.9. The SMILES string of the molecule is CNc1nc(N2CCCC3CCCC32)c2[nH]cnc2n1. The number of rotatable bonds is 2. The summed E-state index contributed by atoms with van der Waals surface area (Å²) in [5.74, 6) is 2.52. The molecule has 106 valence electrons. The molecular weight excluding hydrogens is 252 g/mol. The van der Waals surface area contributed by atoms with Crippen LogP contribution in [0.4, 0.5) is 11.8 Å². The third-order valence-electron chi connectivity index (χ3n) is 4.76. The van der Waals surface area contributed by atoms with Gasteiger partial charge in [-0.25, -0.2) is 4.98 Å². The van der Waals surface area contributed by atoms with Crippen LogP contribution in [0.15, 0.2) is 6.33 Å². The Morgan fingerprint density at radius 2 is 2.15 bits per heavy atom. The molecule has 0 amide bonds. The highest BCUT2D eigenvalue weighted by molar-refractivity contribution is 5.84. The van der Waals surface area contributed by atoms with E-state index in [0.29, 0.717) is 12.0 Å². The first-order valence-corrected chi connectivity index (χ1v) is 7.52. The van der Waals surface area contributed by atoms with Crippen molar-refractivity contribution in [1.82, 2.24) is 19.9 Å². The number of anilines is 2. The molecule has 1 saturated carbocycles.